The van der Waals surface area contributed by atoms with E-state index < -0.39 is 11.9 Å². The summed E-state index contributed by atoms with van der Waals surface area (Å²) < 4.78 is 14.3. The van der Waals surface area contributed by atoms with E-state index in [2.05, 4.69) is 15.3 Å². The molecule has 0 saturated carbocycles. The van der Waals surface area contributed by atoms with Crippen LogP contribution in [-0.4, -0.2) is 15.9 Å². The Bertz CT molecular complexity index is 727. The van der Waals surface area contributed by atoms with Crippen molar-refractivity contribution in [2.75, 3.05) is 5.32 Å². The fourth-order valence-corrected chi connectivity index (χ4v) is 2.48. The first kappa shape index (κ1) is 12.7. The first-order valence-electron chi connectivity index (χ1n) is 6.42. The summed E-state index contributed by atoms with van der Waals surface area (Å²) in [5, 5.41) is 2.76. The van der Waals surface area contributed by atoms with E-state index in [0.29, 0.717) is 28.2 Å². The summed E-state index contributed by atoms with van der Waals surface area (Å²) in [5.74, 6) is -1.20. The second kappa shape index (κ2) is 4.37. The number of aryl methyl sites for hydroxylation is 2. The van der Waals surface area contributed by atoms with Crippen molar-refractivity contribution in [2.45, 2.75) is 26.7 Å². The minimum Gasteiger partial charge on any atom is -0.325 e. The third-order valence-electron chi connectivity index (χ3n) is 3.49. The van der Waals surface area contributed by atoms with E-state index in [-0.39, 0.29) is 5.91 Å². The molecule has 4 nitrogen and oxygen atoms in total. The van der Waals surface area contributed by atoms with Crippen LogP contribution >= 0.6 is 0 Å². The molecule has 1 amide bonds. The topological polar surface area (TPSA) is 54.9 Å². The number of fused-ring (bicyclic) bond motifs is 3. The number of anilines is 1. The van der Waals surface area contributed by atoms with Gasteiger partial charge in [-0.3, -0.25) is 9.78 Å². The second-order valence-electron chi connectivity index (χ2n) is 5.13. The second-order valence-corrected chi connectivity index (χ2v) is 5.13. The van der Waals surface area contributed by atoms with Crippen molar-refractivity contribution < 1.29 is 9.18 Å². The summed E-state index contributed by atoms with van der Waals surface area (Å²) in [6.07, 6.45) is 1.69. The molecule has 0 bridgehead atoms. The molecule has 1 N–H and O–H groups in total. The van der Waals surface area contributed by atoms with Gasteiger partial charge in [0.25, 0.3) is 0 Å². The number of hydrogen-bond donors (Lipinski definition) is 1. The molecule has 5 heteroatoms. The molecule has 1 aliphatic rings. The molecule has 0 aliphatic carbocycles. The van der Waals surface area contributed by atoms with Gasteiger partial charge in [-0.05, 0) is 38.5 Å². The summed E-state index contributed by atoms with van der Waals surface area (Å²) in [6.45, 7) is 5.34. The average Bonchev–Trinajstić information content (AvgIpc) is 2.46. The Morgan fingerprint density at radius 3 is 2.80 bits per heavy atom. The van der Waals surface area contributed by atoms with Crippen LogP contribution in [0, 0.1) is 19.8 Å². The molecule has 1 aliphatic heterocycles. The zero-order valence-corrected chi connectivity index (χ0v) is 11.5. The highest BCUT2D eigenvalue weighted by atomic mass is 19.1. The van der Waals surface area contributed by atoms with E-state index >= 15 is 0 Å². The highest BCUT2D eigenvalue weighted by Crippen LogP contribution is 2.38. The van der Waals surface area contributed by atoms with Crippen LogP contribution < -0.4 is 5.32 Å². The first-order chi connectivity index (χ1) is 9.47. The van der Waals surface area contributed by atoms with Gasteiger partial charge in [-0.15, -0.1) is 0 Å². The molecule has 0 fully saturated rings. The molecule has 0 aromatic carbocycles. The quantitative estimate of drug-likeness (QED) is 0.749. The largest absolute Gasteiger partial charge is 0.325 e. The molecule has 1 unspecified atom stereocenters. The van der Waals surface area contributed by atoms with Gasteiger partial charge < -0.3 is 5.32 Å². The Morgan fingerprint density at radius 2 is 2.05 bits per heavy atom. The van der Waals surface area contributed by atoms with Gasteiger partial charge in [-0.2, -0.15) is 4.39 Å². The Kier molecular flexibility index (Phi) is 2.78. The molecular weight excluding hydrogens is 257 g/mol. The van der Waals surface area contributed by atoms with Crippen LogP contribution in [0.15, 0.2) is 18.3 Å². The summed E-state index contributed by atoms with van der Waals surface area (Å²) >= 11 is 0. The normalized spacial score (nSPS) is 17.0. The van der Waals surface area contributed by atoms with Crippen LogP contribution in [0.5, 0.6) is 0 Å². The predicted octanol–water partition coefficient (Wildman–Crippen LogP) is 2.96. The van der Waals surface area contributed by atoms with Crippen molar-refractivity contribution in [1.82, 2.24) is 9.97 Å². The van der Waals surface area contributed by atoms with Crippen LogP contribution in [0.25, 0.3) is 11.1 Å². The highest BCUT2D eigenvalue weighted by molar-refractivity contribution is 6.02. The van der Waals surface area contributed by atoms with Crippen molar-refractivity contribution in [3.8, 4) is 11.1 Å². The van der Waals surface area contributed by atoms with Gasteiger partial charge >= 0.3 is 0 Å². The van der Waals surface area contributed by atoms with Gasteiger partial charge in [0, 0.05) is 17.5 Å². The number of hydrogen-bond acceptors (Lipinski definition) is 3. The highest BCUT2D eigenvalue weighted by Gasteiger charge is 2.29. The van der Waals surface area contributed by atoms with Crippen LogP contribution in [0.1, 0.15) is 29.8 Å². The number of nitrogens with one attached hydrogen (secondary N) is 1. The number of halogens is 1. The summed E-state index contributed by atoms with van der Waals surface area (Å²) in [7, 11) is 0. The lowest BCUT2D eigenvalue weighted by Gasteiger charge is -2.11. The molecule has 0 spiro atoms. The summed E-state index contributed by atoms with van der Waals surface area (Å²) in [5.41, 5.74) is 3.43. The van der Waals surface area contributed by atoms with Crippen molar-refractivity contribution in [2.24, 2.45) is 0 Å². The molecule has 20 heavy (non-hydrogen) atoms. The molecule has 0 saturated heterocycles. The molecular formula is C15H14FN3O. The zero-order valence-electron chi connectivity index (χ0n) is 11.5. The lowest BCUT2D eigenvalue weighted by Crippen LogP contribution is -2.18. The van der Waals surface area contributed by atoms with Crippen LogP contribution in [0.3, 0.4) is 0 Å². The van der Waals surface area contributed by atoms with E-state index in [1.807, 2.05) is 13.0 Å². The predicted molar refractivity (Wildman–Crippen MR) is 73.9 cm³/mol. The molecule has 3 rings (SSSR count). The maximum absolute atomic E-state index is 14.3. The fraction of sp³-hybridized carbons (Fsp3) is 0.267. The Hall–Kier alpha value is -2.30. The van der Waals surface area contributed by atoms with Gasteiger partial charge in [-0.25, -0.2) is 4.98 Å². The number of carbonyl (C=O) groups is 1. The molecule has 0 radical (unpaired) electrons. The van der Waals surface area contributed by atoms with Gasteiger partial charge in [0.2, 0.25) is 11.9 Å². The van der Waals surface area contributed by atoms with Crippen molar-refractivity contribution in [3.63, 3.8) is 0 Å². The standard InChI is InChI=1S/C15H14FN3O/c1-7-4-10-12-11(5-8(2)18-14(12)16)19-15(20)9(3)13(10)17-6-7/h4-6,9H,1-3H3,(H,19,20). The zero-order chi connectivity index (χ0) is 14.4. The Balaban J connectivity index is 2.39. The summed E-state index contributed by atoms with van der Waals surface area (Å²) in [6, 6.07) is 3.53. The lowest BCUT2D eigenvalue weighted by molar-refractivity contribution is -0.117. The van der Waals surface area contributed by atoms with E-state index in [0.717, 1.165) is 5.56 Å². The van der Waals surface area contributed by atoms with Crippen molar-refractivity contribution in [1.29, 1.82) is 0 Å². The Labute approximate surface area is 116 Å². The maximum atomic E-state index is 14.3. The smallest absolute Gasteiger partial charge is 0.233 e. The fourth-order valence-electron chi connectivity index (χ4n) is 2.48. The van der Waals surface area contributed by atoms with E-state index in [4.69, 9.17) is 0 Å². The minimum absolute atomic E-state index is 0.189. The molecule has 3 heterocycles. The third-order valence-corrected chi connectivity index (χ3v) is 3.49. The van der Waals surface area contributed by atoms with Gasteiger partial charge in [0.15, 0.2) is 0 Å². The lowest BCUT2D eigenvalue weighted by atomic mass is 9.97. The van der Waals surface area contributed by atoms with Crippen LogP contribution in [0.4, 0.5) is 10.1 Å². The molecule has 2 aromatic heterocycles. The van der Waals surface area contributed by atoms with E-state index in [1.165, 1.54) is 0 Å². The summed E-state index contributed by atoms with van der Waals surface area (Å²) in [4.78, 5) is 20.3. The SMILES string of the molecule is Cc1cnc2c(c1)-c1c(cc(C)nc1F)NC(=O)C2C. The maximum Gasteiger partial charge on any atom is 0.233 e. The third kappa shape index (κ3) is 1.86. The monoisotopic (exact) mass is 271 g/mol. The van der Waals surface area contributed by atoms with Crippen molar-refractivity contribution >= 4 is 11.6 Å². The minimum atomic E-state index is -0.581. The number of pyridine rings is 2. The molecule has 1 atom stereocenters. The number of nitrogens with zero attached hydrogens (tertiary/aromatic N) is 2. The number of amides is 1. The van der Waals surface area contributed by atoms with E-state index in [1.54, 1.807) is 26.1 Å². The van der Waals surface area contributed by atoms with Crippen molar-refractivity contribution in [3.05, 3.63) is 41.2 Å². The number of carbonyl (C=O) groups excluding carboxylic acids is 1. The van der Waals surface area contributed by atoms with Crippen LogP contribution in [-0.2, 0) is 4.79 Å². The molecule has 2 aromatic rings. The Morgan fingerprint density at radius 1 is 1.30 bits per heavy atom. The molecule has 102 valence electrons. The number of aromatic nitrogens is 2. The van der Waals surface area contributed by atoms with Crippen LogP contribution in [0.2, 0.25) is 0 Å². The van der Waals surface area contributed by atoms with E-state index in [9.17, 15) is 9.18 Å². The number of rotatable bonds is 0. The average molecular weight is 271 g/mol. The van der Waals surface area contributed by atoms with Gasteiger partial charge in [-0.1, -0.05) is 0 Å². The van der Waals surface area contributed by atoms with Gasteiger partial charge in [0.05, 0.1) is 22.9 Å². The van der Waals surface area contributed by atoms with Gasteiger partial charge in [0.1, 0.15) is 0 Å². The first-order valence-corrected chi connectivity index (χ1v) is 6.42.